The molecule has 3 aromatic rings. The van der Waals surface area contributed by atoms with Crippen LogP contribution in [0.25, 0.3) is 10.8 Å². The van der Waals surface area contributed by atoms with Gasteiger partial charge in [-0.3, -0.25) is 10.1 Å². The van der Waals surface area contributed by atoms with Crippen molar-refractivity contribution < 1.29 is 9.53 Å². The van der Waals surface area contributed by atoms with Crippen LogP contribution in [0.5, 0.6) is 5.75 Å². The Balaban J connectivity index is 1.65. The number of ether oxygens (including phenoxy) is 1. The summed E-state index contributed by atoms with van der Waals surface area (Å²) < 4.78 is 5.66. The van der Waals surface area contributed by atoms with Crippen molar-refractivity contribution in [2.24, 2.45) is 0 Å². The molecule has 2 N–H and O–H groups in total. The molecular formula is C22H22N2O2S. The summed E-state index contributed by atoms with van der Waals surface area (Å²) in [6.07, 6.45) is 2.05. The molecular weight excluding hydrogens is 356 g/mol. The minimum absolute atomic E-state index is 0.258. The standard InChI is InChI=1S/C22H22N2O2S/c1-2-3-14-26-18-11-6-10-17(15-18)21(25)24-22(27)23-20-13-7-9-16-8-4-5-12-19(16)20/h4-13,15H,2-3,14H2,1H3,(H2,23,24,25,27). The van der Waals surface area contributed by atoms with Gasteiger partial charge in [-0.25, -0.2) is 0 Å². The summed E-state index contributed by atoms with van der Waals surface area (Å²) in [6, 6.07) is 21.0. The van der Waals surface area contributed by atoms with Gasteiger partial charge in [-0.05, 0) is 48.3 Å². The lowest BCUT2D eigenvalue weighted by molar-refractivity contribution is 0.0977. The second-order valence-corrected chi connectivity index (χ2v) is 6.57. The molecule has 0 radical (unpaired) electrons. The summed E-state index contributed by atoms with van der Waals surface area (Å²) >= 11 is 5.32. The molecule has 0 aromatic heterocycles. The highest BCUT2D eigenvalue weighted by Crippen LogP contribution is 2.22. The van der Waals surface area contributed by atoms with Crippen LogP contribution in [0.4, 0.5) is 5.69 Å². The molecule has 0 saturated carbocycles. The van der Waals surface area contributed by atoms with Gasteiger partial charge in [0.15, 0.2) is 5.11 Å². The number of amides is 1. The quantitative estimate of drug-likeness (QED) is 0.460. The summed E-state index contributed by atoms with van der Waals surface area (Å²) in [6.45, 7) is 2.75. The van der Waals surface area contributed by atoms with Crippen molar-refractivity contribution in [2.75, 3.05) is 11.9 Å². The van der Waals surface area contributed by atoms with E-state index in [-0.39, 0.29) is 11.0 Å². The number of thiocarbonyl (C=S) groups is 1. The molecule has 138 valence electrons. The van der Waals surface area contributed by atoms with Crippen molar-refractivity contribution in [3.63, 3.8) is 0 Å². The van der Waals surface area contributed by atoms with Crippen LogP contribution in [0.1, 0.15) is 30.1 Å². The van der Waals surface area contributed by atoms with Gasteiger partial charge < -0.3 is 10.1 Å². The summed E-state index contributed by atoms with van der Waals surface area (Å²) in [5.74, 6) is 0.415. The zero-order valence-corrected chi connectivity index (χ0v) is 16.0. The molecule has 27 heavy (non-hydrogen) atoms. The molecule has 0 unspecified atom stereocenters. The van der Waals surface area contributed by atoms with E-state index in [0.717, 1.165) is 29.3 Å². The van der Waals surface area contributed by atoms with Crippen LogP contribution >= 0.6 is 12.2 Å². The van der Waals surface area contributed by atoms with E-state index in [4.69, 9.17) is 17.0 Å². The molecule has 0 fully saturated rings. The number of fused-ring (bicyclic) bond motifs is 1. The Hall–Kier alpha value is -2.92. The Morgan fingerprint density at radius 1 is 1.04 bits per heavy atom. The normalized spacial score (nSPS) is 10.4. The molecule has 0 spiro atoms. The van der Waals surface area contributed by atoms with Crippen molar-refractivity contribution in [1.29, 1.82) is 0 Å². The van der Waals surface area contributed by atoms with E-state index in [1.807, 2.05) is 48.5 Å². The average Bonchev–Trinajstić information content (AvgIpc) is 2.69. The molecule has 0 heterocycles. The van der Waals surface area contributed by atoms with Crippen molar-refractivity contribution >= 4 is 39.7 Å². The van der Waals surface area contributed by atoms with Gasteiger partial charge in [0, 0.05) is 16.6 Å². The molecule has 0 aliphatic carbocycles. The molecule has 3 aromatic carbocycles. The fraction of sp³-hybridized carbons (Fsp3) is 0.182. The Morgan fingerprint density at radius 2 is 1.81 bits per heavy atom. The maximum atomic E-state index is 12.5. The fourth-order valence-electron chi connectivity index (χ4n) is 2.72. The third-order valence-corrected chi connectivity index (χ3v) is 4.33. The van der Waals surface area contributed by atoms with Crippen molar-refractivity contribution in [1.82, 2.24) is 5.32 Å². The van der Waals surface area contributed by atoms with Crippen LogP contribution in [-0.2, 0) is 0 Å². The topological polar surface area (TPSA) is 50.4 Å². The van der Waals surface area contributed by atoms with E-state index in [1.54, 1.807) is 18.2 Å². The number of carbonyl (C=O) groups excluding carboxylic acids is 1. The predicted octanol–water partition coefficient (Wildman–Crippen LogP) is 5.15. The highest BCUT2D eigenvalue weighted by molar-refractivity contribution is 7.80. The lowest BCUT2D eigenvalue weighted by Gasteiger charge is -2.12. The molecule has 0 saturated heterocycles. The summed E-state index contributed by atoms with van der Waals surface area (Å²) in [7, 11) is 0. The molecule has 4 nitrogen and oxygen atoms in total. The Bertz CT molecular complexity index is 950. The summed E-state index contributed by atoms with van der Waals surface area (Å²) in [5.41, 5.74) is 1.36. The second-order valence-electron chi connectivity index (χ2n) is 6.16. The maximum Gasteiger partial charge on any atom is 0.257 e. The summed E-state index contributed by atoms with van der Waals surface area (Å²) in [5, 5.41) is 8.25. The van der Waals surface area contributed by atoms with Gasteiger partial charge in [0.05, 0.1) is 6.61 Å². The van der Waals surface area contributed by atoms with E-state index in [1.165, 1.54) is 0 Å². The first kappa shape index (κ1) is 18.9. The number of rotatable bonds is 6. The zero-order chi connectivity index (χ0) is 19.1. The smallest absolute Gasteiger partial charge is 0.257 e. The van der Waals surface area contributed by atoms with Crippen LogP contribution < -0.4 is 15.4 Å². The number of hydrogen-bond donors (Lipinski definition) is 2. The van der Waals surface area contributed by atoms with Gasteiger partial charge in [0.25, 0.3) is 5.91 Å². The lowest BCUT2D eigenvalue weighted by atomic mass is 10.1. The molecule has 3 rings (SSSR count). The molecule has 0 bridgehead atoms. The first-order chi connectivity index (χ1) is 13.2. The highest BCUT2D eigenvalue weighted by atomic mass is 32.1. The van der Waals surface area contributed by atoms with Crippen molar-refractivity contribution in [3.05, 3.63) is 72.3 Å². The van der Waals surface area contributed by atoms with E-state index < -0.39 is 0 Å². The van der Waals surface area contributed by atoms with Crippen LogP contribution in [0.3, 0.4) is 0 Å². The number of hydrogen-bond acceptors (Lipinski definition) is 3. The molecule has 5 heteroatoms. The average molecular weight is 378 g/mol. The van der Waals surface area contributed by atoms with Crippen LogP contribution in [-0.4, -0.2) is 17.6 Å². The van der Waals surface area contributed by atoms with Crippen molar-refractivity contribution in [3.8, 4) is 5.75 Å². The number of nitrogens with one attached hydrogen (secondary N) is 2. The van der Waals surface area contributed by atoms with Gasteiger partial charge in [0.1, 0.15) is 5.75 Å². The Labute approximate surface area is 164 Å². The summed E-state index contributed by atoms with van der Waals surface area (Å²) in [4.78, 5) is 12.5. The lowest BCUT2D eigenvalue weighted by Crippen LogP contribution is -2.34. The number of anilines is 1. The first-order valence-corrected chi connectivity index (χ1v) is 9.41. The molecule has 0 atom stereocenters. The third-order valence-electron chi connectivity index (χ3n) is 4.13. The van der Waals surface area contributed by atoms with Gasteiger partial charge >= 0.3 is 0 Å². The van der Waals surface area contributed by atoms with Gasteiger partial charge in [-0.15, -0.1) is 0 Å². The monoisotopic (exact) mass is 378 g/mol. The van der Waals surface area contributed by atoms with Crippen molar-refractivity contribution in [2.45, 2.75) is 19.8 Å². The largest absolute Gasteiger partial charge is 0.494 e. The molecule has 0 aliphatic rings. The van der Waals surface area contributed by atoms with Gasteiger partial charge in [0.2, 0.25) is 0 Å². The Kier molecular flexibility index (Phi) is 6.39. The number of unbranched alkanes of at least 4 members (excludes halogenated alkanes) is 1. The van der Waals surface area contributed by atoms with Crippen LogP contribution in [0.2, 0.25) is 0 Å². The minimum Gasteiger partial charge on any atom is -0.494 e. The SMILES string of the molecule is CCCCOc1cccc(C(=O)NC(=S)Nc2cccc3ccccc23)c1. The van der Waals surface area contributed by atoms with E-state index in [0.29, 0.717) is 17.9 Å². The second kappa shape index (κ2) is 9.14. The van der Waals surface area contributed by atoms with E-state index in [9.17, 15) is 4.79 Å². The maximum absolute atomic E-state index is 12.5. The Morgan fingerprint density at radius 3 is 2.67 bits per heavy atom. The van der Waals surface area contributed by atoms with Crippen LogP contribution in [0, 0.1) is 0 Å². The minimum atomic E-state index is -0.270. The molecule has 1 amide bonds. The van der Waals surface area contributed by atoms with E-state index >= 15 is 0 Å². The molecule has 0 aliphatic heterocycles. The fourth-order valence-corrected chi connectivity index (χ4v) is 2.93. The first-order valence-electron chi connectivity index (χ1n) is 9.00. The number of carbonyl (C=O) groups is 1. The predicted molar refractivity (Wildman–Crippen MR) is 114 cm³/mol. The van der Waals surface area contributed by atoms with Gasteiger partial charge in [-0.1, -0.05) is 55.8 Å². The van der Waals surface area contributed by atoms with Crippen LogP contribution in [0.15, 0.2) is 66.7 Å². The highest BCUT2D eigenvalue weighted by Gasteiger charge is 2.10. The van der Waals surface area contributed by atoms with E-state index in [2.05, 4.69) is 17.6 Å². The third kappa shape index (κ3) is 5.05. The number of benzene rings is 3. The zero-order valence-electron chi connectivity index (χ0n) is 15.2. The van der Waals surface area contributed by atoms with Gasteiger partial charge in [-0.2, -0.15) is 0 Å².